The smallest absolute Gasteiger partial charge is 0.295 e. The molecule has 1 atom stereocenters. The third-order valence-corrected chi connectivity index (χ3v) is 6.05. The summed E-state index contributed by atoms with van der Waals surface area (Å²) in [7, 11) is 1.54. The number of amides is 1. The lowest BCUT2D eigenvalue weighted by atomic mass is 9.95. The quantitative estimate of drug-likeness (QED) is 0.312. The fraction of sp³-hybridized carbons (Fsp3) is 0.385. The van der Waals surface area contributed by atoms with E-state index in [0.29, 0.717) is 36.6 Å². The first-order valence-corrected chi connectivity index (χ1v) is 11.5. The summed E-state index contributed by atoms with van der Waals surface area (Å²) < 4.78 is 10.7. The highest BCUT2D eigenvalue weighted by atomic mass is 16.5. The van der Waals surface area contributed by atoms with Crippen molar-refractivity contribution < 1.29 is 29.3 Å². The number of benzene rings is 2. The molecule has 182 valence electrons. The summed E-state index contributed by atoms with van der Waals surface area (Å²) >= 11 is 0. The van der Waals surface area contributed by atoms with Gasteiger partial charge in [-0.15, -0.1) is 0 Å². The summed E-state index contributed by atoms with van der Waals surface area (Å²) in [6.07, 6.45) is 0. The van der Waals surface area contributed by atoms with E-state index in [1.54, 1.807) is 43.3 Å². The summed E-state index contributed by atoms with van der Waals surface area (Å²) in [6, 6.07) is 10.5. The highest BCUT2D eigenvalue weighted by Crippen LogP contribution is 2.41. The van der Waals surface area contributed by atoms with Crippen molar-refractivity contribution >= 4 is 17.4 Å². The van der Waals surface area contributed by atoms with Crippen molar-refractivity contribution in [1.29, 1.82) is 0 Å². The maximum absolute atomic E-state index is 13.2. The molecule has 2 aromatic rings. The maximum Gasteiger partial charge on any atom is 0.295 e. The Labute approximate surface area is 200 Å². The average molecular weight is 469 g/mol. The van der Waals surface area contributed by atoms with Crippen LogP contribution in [0.3, 0.4) is 0 Å². The van der Waals surface area contributed by atoms with Gasteiger partial charge in [0.25, 0.3) is 11.7 Å². The molecule has 34 heavy (non-hydrogen) atoms. The number of hydrogen-bond donors (Lipinski definition) is 2. The van der Waals surface area contributed by atoms with E-state index in [-0.39, 0.29) is 22.8 Å². The molecule has 1 amide bonds. The Morgan fingerprint density at radius 2 is 1.74 bits per heavy atom. The van der Waals surface area contributed by atoms with Crippen LogP contribution in [0, 0.1) is 0 Å². The Morgan fingerprint density at radius 3 is 2.32 bits per heavy atom. The standard InChI is InChI=1S/C26H32N2O6/c1-5-27(6-2)14-15-28-23(18-10-13-20(29)21(16-18)34-7-3)22(25(31)26(28)32)24(30)17-8-11-19(33-4)12-9-17/h8-13,16,23,29-30H,5-7,14-15H2,1-4H3/b24-22-. The molecular weight excluding hydrogens is 436 g/mol. The Morgan fingerprint density at radius 1 is 1.06 bits per heavy atom. The summed E-state index contributed by atoms with van der Waals surface area (Å²) in [5, 5.41) is 21.3. The van der Waals surface area contributed by atoms with Gasteiger partial charge in [0.05, 0.1) is 25.3 Å². The van der Waals surface area contributed by atoms with E-state index < -0.39 is 17.7 Å². The van der Waals surface area contributed by atoms with Gasteiger partial charge in [-0.3, -0.25) is 9.59 Å². The van der Waals surface area contributed by atoms with E-state index in [1.807, 2.05) is 13.8 Å². The predicted molar refractivity (Wildman–Crippen MR) is 129 cm³/mol. The lowest BCUT2D eigenvalue weighted by molar-refractivity contribution is -0.140. The molecule has 3 rings (SSSR count). The van der Waals surface area contributed by atoms with Crippen molar-refractivity contribution in [3.63, 3.8) is 0 Å². The number of aromatic hydroxyl groups is 1. The Kier molecular flexibility index (Phi) is 8.17. The number of aliphatic hydroxyl groups excluding tert-OH is 1. The third-order valence-electron chi connectivity index (χ3n) is 6.05. The second kappa shape index (κ2) is 11.1. The van der Waals surface area contributed by atoms with Crippen LogP contribution in [0.5, 0.6) is 17.2 Å². The molecule has 1 aliphatic heterocycles. The summed E-state index contributed by atoms with van der Waals surface area (Å²) in [4.78, 5) is 29.9. The second-order valence-electron chi connectivity index (χ2n) is 7.91. The van der Waals surface area contributed by atoms with Crippen LogP contribution in [-0.2, 0) is 9.59 Å². The van der Waals surface area contributed by atoms with Gasteiger partial charge in [0.1, 0.15) is 11.5 Å². The van der Waals surface area contributed by atoms with Gasteiger partial charge in [-0.05, 0) is 62.0 Å². The van der Waals surface area contributed by atoms with Gasteiger partial charge < -0.3 is 29.5 Å². The van der Waals surface area contributed by atoms with Gasteiger partial charge in [0.15, 0.2) is 11.5 Å². The fourth-order valence-corrected chi connectivity index (χ4v) is 4.12. The zero-order chi connectivity index (χ0) is 24.8. The van der Waals surface area contributed by atoms with Crippen LogP contribution in [0.25, 0.3) is 5.76 Å². The zero-order valence-corrected chi connectivity index (χ0v) is 20.1. The minimum absolute atomic E-state index is 0.00264. The molecule has 2 N–H and O–H groups in total. The number of phenols is 1. The number of carbonyl (C=O) groups is 2. The fourth-order valence-electron chi connectivity index (χ4n) is 4.12. The number of aliphatic hydroxyl groups is 1. The van der Waals surface area contributed by atoms with Crippen molar-refractivity contribution in [2.75, 3.05) is 39.9 Å². The molecule has 1 heterocycles. The van der Waals surface area contributed by atoms with Gasteiger partial charge in [-0.2, -0.15) is 0 Å². The molecule has 2 aromatic carbocycles. The van der Waals surface area contributed by atoms with Crippen molar-refractivity contribution in [2.24, 2.45) is 0 Å². The molecule has 0 bridgehead atoms. The van der Waals surface area contributed by atoms with Crippen LogP contribution in [0.1, 0.15) is 37.9 Å². The highest BCUT2D eigenvalue weighted by molar-refractivity contribution is 6.46. The molecule has 0 aromatic heterocycles. The van der Waals surface area contributed by atoms with E-state index in [0.717, 1.165) is 13.1 Å². The molecule has 1 saturated heterocycles. The highest BCUT2D eigenvalue weighted by Gasteiger charge is 2.46. The van der Waals surface area contributed by atoms with E-state index >= 15 is 0 Å². The Bertz CT molecular complexity index is 1060. The largest absolute Gasteiger partial charge is 0.507 e. The Hall–Kier alpha value is -3.52. The van der Waals surface area contributed by atoms with Crippen LogP contribution in [0.15, 0.2) is 48.0 Å². The maximum atomic E-state index is 13.2. The number of Topliss-reactive ketones (excluding diaryl/α,β-unsaturated/α-hetero) is 1. The molecular formula is C26H32N2O6. The summed E-state index contributed by atoms with van der Waals surface area (Å²) in [5.41, 5.74) is 0.967. The van der Waals surface area contributed by atoms with Crippen molar-refractivity contribution in [2.45, 2.75) is 26.8 Å². The molecule has 0 radical (unpaired) electrons. The van der Waals surface area contributed by atoms with Crippen molar-refractivity contribution in [1.82, 2.24) is 9.80 Å². The lowest BCUT2D eigenvalue weighted by Crippen LogP contribution is -2.38. The van der Waals surface area contributed by atoms with Crippen molar-refractivity contribution in [3.05, 3.63) is 59.2 Å². The Balaban J connectivity index is 2.13. The number of likely N-dealkylation sites (N-methyl/N-ethyl adjacent to an activating group) is 1. The van der Waals surface area contributed by atoms with Crippen LogP contribution in [0.2, 0.25) is 0 Å². The molecule has 0 spiro atoms. The minimum Gasteiger partial charge on any atom is -0.507 e. The second-order valence-corrected chi connectivity index (χ2v) is 7.91. The molecule has 1 aliphatic rings. The molecule has 1 unspecified atom stereocenters. The molecule has 8 heteroatoms. The van der Waals surface area contributed by atoms with E-state index in [1.165, 1.54) is 18.1 Å². The number of rotatable bonds is 10. The molecule has 1 fully saturated rings. The normalized spacial score (nSPS) is 17.4. The average Bonchev–Trinajstić information content (AvgIpc) is 3.10. The number of methoxy groups -OCH3 is 1. The monoisotopic (exact) mass is 468 g/mol. The van der Waals surface area contributed by atoms with Crippen LogP contribution < -0.4 is 9.47 Å². The number of nitrogens with zero attached hydrogens (tertiary/aromatic N) is 2. The molecule has 0 aliphatic carbocycles. The lowest BCUT2D eigenvalue weighted by Gasteiger charge is -2.28. The van der Waals surface area contributed by atoms with Gasteiger partial charge in [-0.1, -0.05) is 19.9 Å². The summed E-state index contributed by atoms with van der Waals surface area (Å²) in [5.74, 6) is -0.864. The number of ether oxygens (including phenoxy) is 2. The number of hydrogen-bond acceptors (Lipinski definition) is 7. The van der Waals surface area contributed by atoms with Gasteiger partial charge in [-0.25, -0.2) is 0 Å². The first kappa shape index (κ1) is 25.1. The van der Waals surface area contributed by atoms with E-state index in [2.05, 4.69) is 4.90 Å². The van der Waals surface area contributed by atoms with Gasteiger partial charge >= 0.3 is 0 Å². The number of ketones is 1. The van der Waals surface area contributed by atoms with Crippen LogP contribution in [0.4, 0.5) is 0 Å². The van der Waals surface area contributed by atoms with E-state index in [9.17, 15) is 19.8 Å². The zero-order valence-electron chi connectivity index (χ0n) is 20.1. The number of carbonyl (C=O) groups excluding carboxylic acids is 2. The minimum atomic E-state index is -0.822. The van der Waals surface area contributed by atoms with Crippen LogP contribution >= 0.6 is 0 Å². The van der Waals surface area contributed by atoms with E-state index in [4.69, 9.17) is 9.47 Å². The number of phenolic OH excluding ortho intramolecular Hbond substituents is 1. The first-order chi connectivity index (χ1) is 16.4. The molecule has 8 nitrogen and oxygen atoms in total. The third kappa shape index (κ3) is 5.02. The van der Waals surface area contributed by atoms with Gasteiger partial charge in [0.2, 0.25) is 0 Å². The SMILES string of the molecule is CCOc1cc(C2/C(=C(/O)c3ccc(OC)cc3)C(=O)C(=O)N2CCN(CC)CC)ccc1O. The first-order valence-electron chi connectivity index (χ1n) is 11.5. The summed E-state index contributed by atoms with van der Waals surface area (Å²) in [6.45, 7) is 8.71. The van der Waals surface area contributed by atoms with Crippen molar-refractivity contribution in [3.8, 4) is 17.2 Å². The predicted octanol–water partition coefficient (Wildman–Crippen LogP) is 3.56. The van der Waals surface area contributed by atoms with Gasteiger partial charge in [0, 0.05) is 18.7 Å². The van der Waals surface area contributed by atoms with Crippen LogP contribution in [-0.4, -0.2) is 71.6 Å². The number of likely N-dealkylation sites (tertiary alicyclic amines) is 1. The topological polar surface area (TPSA) is 99.5 Å². The molecule has 0 saturated carbocycles.